The summed E-state index contributed by atoms with van der Waals surface area (Å²) in [6.45, 7) is 4.44. The number of hydrogen-bond acceptors (Lipinski definition) is 3. The van der Waals surface area contributed by atoms with Crippen LogP contribution in [-0.2, 0) is 4.74 Å². The minimum atomic E-state index is 0.0269. The van der Waals surface area contributed by atoms with E-state index in [-0.39, 0.29) is 5.38 Å². The van der Waals surface area contributed by atoms with Gasteiger partial charge in [-0.3, -0.25) is 4.90 Å². The van der Waals surface area contributed by atoms with Gasteiger partial charge >= 0.3 is 0 Å². The van der Waals surface area contributed by atoms with Crippen molar-refractivity contribution < 1.29 is 9.47 Å². The summed E-state index contributed by atoms with van der Waals surface area (Å²) in [6, 6.07) is 7.95. The number of ether oxygens (including phenoxy) is 2. The minimum Gasteiger partial charge on any atom is -0.497 e. The van der Waals surface area contributed by atoms with Gasteiger partial charge in [-0.1, -0.05) is 12.1 Å². The summed E-state index contributed by atoms with van der Waals surface area (Å²) in [6.07, 6.45) is 0. The quantitative estimate of drug-likeness (QED) is 0.771. The highest BCUT2D eigenvalue weighted by Gasteiger charge is 2.16. The molecule has 1 aliphatic rings. The van der Waals surface area contributed by atoms with Crippen LogP contribution in [0.5, 0.6) is 5.75 Å². The molecule has 0 aromatic heterocycles. The second kappa shape index (κ2) is 6.24. The Kier molecular flexibility index (Phi) is 4.66. The second-order valence-electron chi connectivity index (χ2n) is 4.15. The molecule has 1 atom stereocenters. The molecule has 0 aliphatic carbocycles. The number of benzene rings is 1. The maximum Gasteiger partial charge on any atom is 0.118 e. The number of nitrogens with zero attached hydrogens (tertiary/aromatic N) is 1. The fourth-order valence-corrected chi connectivity index (χ4v) is 2.27. The molecule has 4 heteroatoms. The summed E-state index contributed by atoms with van der Waals surface area (Å²) < 4.78 is 10.4. The van der Waals surface area contributed by atoms with Gasteiger partial charge in [0.05, 0.1) is 25.7 Å². The van der Waals surface area contributed by atoms with Crippen molar-refractivity contribution in [3.63, 3.8) is 0 Å². The Labute approximate surface area is 107 Å². The zero-order valence-corrected chi connectivity index (χ0v) is 10.8. The lowest BCUT2D eigenvalue weighted by Gasteiger charge is -2.28. The first kappa shape index (κ1) is 12.7. The smallest absolute Gasteiger partial charge is 0.118 e. The molecule has 3 nitrogen and oxygen atoms in total. The van der Waals surface area contributed by atoms with E-state index in [2.05, 4.69) is 4.90 Å². The lowest BCUT2D eigenvalue weighted by Crippen LogP contribution is -2.38. The molecule has 1 aromatic carbocycles. The second-order valence-corrected chi connectivity index (χ2v) is 4.68. The zero-order chi connectivity index (χ0) is 12.1. The molecule has 1 heterocycles. The summed E-state index contributed by atoms with van der Waals surface area (Å²) in [5, 5.41) is 0.0269. The van der Waals surface area contributed by atoms with E-state index in [4.69, 9.17) is 21.1 Å². The van der Waals surface area contributed by atoms with Crippen LogP contribution in [-0.4, -0.2) is 44.9 Å². The lowest BCUT2D eigenvalue weighted by molar-refractivity contribution is 0.0379. The Balaban J connectivity index is 1.91. The predicted molar refractivity (Wildman–Crippen MR) is 68.8 cm³/mol. The van der Waals surface area contributed by atoms with Crippen LogP contribution in [0.2, 0.25) is 0 Å². The number of methoxy groups -OCH3 is 1. The van der Waals surface area contributed by atoms with Crippen LogP contribution in [0.3, 0.4) is 0 Å². The van der Waals surface area contributed by atoms with Gasteiger partial charge in [-0.15, -0.1) is 11.6 Å². The summed E-state index contributed by atoms with van der Waals surface area (Å²) in [5.41, 5.74) is 1.14. The number of alkyl halides is 1. The third-order valence-corrected chi connectivity index (χ3v) is 3.39. The molecule has 0 radical (unpaired) electrons. The van der Waals surface area contributed by atoms with E-state index >= 15 is 0 Å². The number of rotatable bonds is 4. The van der Waals surface area contributed by atoms with Gasteiger partial charge in [0.2, 0.25) is 0 Å². The maximum absolute atomic E-state index is 6.41. The molecule has 1 saturated heterocycles. The largest absolute Gasteiger partial charge is 0.497 e. The number of hydrogen-bond donors (Lipinski definition) is 0. The Hall–Kier alpha value is -0.770. The van der Waals surface area contributed by atoms with Crippen LogP contribution < -0.4 is 4.74 Å². The summed E-state index contributed by atoms with van der Waals surface area (Å²) in [5.74, 6) is 0.865. The molecule has 2 rings (SSSR count). The summed E-state index contributed by atoms with van der Waals surface area (Å²) >= 11 is 6.41. The molecule has 17 heavy (non-hydrogen) atoms. The highest BCUT2D eigenvalue weighted by molar-refractivity contribution is 6.21. The van der Waals surface area contributed by atoms with Crippen LogP contribution in [0, 0.1) is 0 Å². The first-order valence-corrected chi connectivity index (χ1v) is 6.31. The fraction of sp³-hybridized carbons (Fsp3) is 0.538. The van der Waals surface area contributed by atoms with Crippen molar-refractivity contribution in [3.8, 4) is 5.75 Å². The topological polar surface area (TPSA) is 21.7 Å². The van der Waals surface area contributed by atoms with Crippen molar-refractivity contribution in [1.82, 2.24) is 4.90 Å². The zero-order valence-electron chi connectivity index (χ0n) is 10.1. The number of halogens is 1. The van der Waals surface area contributed by atoms with Crippen molar-refractivity contribution in [3.05, 3.63) is 29.8 Å². The van der Waals surface area contributed by atoms with Gasteiger partial charge in [-0.25, -0.2) is 0 Å². The van der Waals surface area contributed by atoms with Crippen molar-refractivity contribution >= 4 is 11.6 Å². The molecular weight excluding hydrogens is 238 g/mol. The van der Waals surface area contributed by atoms with Crippen LogP contribution in [0.4, 0.5) is 0 Å². The highest BCUT2D eigenvalue weighted by Crippen LogP contribution is 2.24. The molecule has 0 bridgehead atoms. The Morgan fingerprint density at radius 3 is 2.53 bits per heavy atom. The Morgan fingerprint density at radius 2 is 1.94 bits per heavy atom. The number of morpholine rings is 1. The SMILES string of the molecule is COc1ccc(C(Cl)CN2CCOCC2)cc1. The van der Waals surface area contributed by atoms with E-state index < -0.39 is 0 Å². The van der Waals surface area contributed by atoms with Gasteiger partial charge in [-0.05, 0) is 17.7 Å². The maximum atomic E-state index is 6.41. The standard InChI is InChI=1S/C13H18ClNO2/c1-16-12-4-2-11(3-5-12)13(14)10-15-6-8-17-9-7-15/h2-5,13H,6-10H2,1H3. The molecule has 0 N–H and O–H groups in total. The highest BCUT2D eigenvalue weighted by atomic mass is 35.5. The van der Waals surface area contributed by atoms with Gasteiger partial charge in [0.25, 0.3) is 0 Å². The van der Waals surface area contributed by atoms with Crippen molar-refractivity contribution in [2.24, 2.45) is 0 Å². The average molecular weight is 256 g/mol. The lowest BCUT2D eigenvalue weighted by atomic mass is 10.1. The molecular formula is C13H18ClNO2. The van der Waals surface area contributed by atoms with Gasteiger partial charge in [0.1, 0.15) is 5.75 Å². The van der Waals surface area contributed by atoms with Crippen LogP contribution in [0.25, 0.3) is 0 Å². The van der Waals surface area contributed by atoms with E-state index in [1.54, 1.807) is 7.11 Å². The van der Waals surface area contributed by atoms with Gasteiger partial charge < -0.3 is 9.47 Å². The average Bonchev–Trinajstić information content (AvgIpc) is 2.40. The Morgan fingerprint density at radius 1 is 1.29 bits per heavy atom. The van der Waals surface area contributed by atoms with Crippen molar-refractivity contribution in [2.45, 2.75) is 5.38 Å². The van der Waals surface area contributed by atoms with Gasteiger partial charge in [-0.2, -0.15) is 0 Å². The monoisotopic (exact) mass is 255 g/mol. The van der Waals surface area contributed by atoms with Crippen LogP contribution >= 0.6 is 11.6 Å². The molecule has 1 aliphatic heterocycles. The molecule has 0 spiro atoms. The first-order valence-electron chi connectivity index (χ1n) is 5.87. The molecule has 0 saturated carbocycles. The third-order valence-electron chi connectivity index (χ3n) is 3.00. The van der Waals surface area contributed by atoms with E-state index in [9.17, 15) is 0 Å². The van der Waals surface area contributed by atoms with E-state index in [0.29, 0.717) is 0 Å². The first-order chi connectivity index (χ1) is 8.29. The Bertz CT molecular complexity index is 336. The molecule has 1 unspecified atom stereocenters. The van der Waals surface area contributed by atoms with Crippen LogP contribution in [0.1, 0.15) is 10.9 Å². The molecule has 1 aromatic rings. The normalized spacial score (nSPS) is 18.9. The van der Waals surface area contributed by atoms with E-state index in [1.165, 1.54) is 0 Å². The van der Waals surface area contributed by atoms with E-state index in [1.807, 2.05) is 24.3 Å². The van der Waals surface area contributed by atoms with Gasteiger partial charge in [0, 0.05) is 19.6 Å². The molecule has 1 fully saturated rings. The van der Waals surface area contributed by atoms with Crippen LogP contribution in [0.15, 0.2) is 24.3 Å². The summed E-state index contributed by atoms with van der Waals surface area (Å²) in [4.78, 5) is 2.34. The van der Waals surface area contributed by atoms with Crippen molar-refractivity contribution in [1.29, 1.82) is 0 Å². The minimum absolute atomic E-state index is 0.0269. The molecule has 94 valence electrons. The molecule has 0 amide bonds. The third kappa shape index (κ3) is 3.60. The van der Waals surface area contributed by atoms with Gasteiger partial charge in [0.15, 0.2) is 0 Å². The predicted octanol–water partition coefficient (Wildman–Crippen LogP) is 2.31. The van der Waals surface area contributed by atoms with E-state index in [0.717, 1.165) is 44.2 Å². The fourth-order valence-electron chi connectivity index (χ4n) is 1.93. The summed E-state index contributed by atoms with van der Waals surface area (Å²) in [7, 11) is 1.67. The van der Waals surface area contributed by atoms with Crippen molar-refractivity contribution in [2.75, 3.05) is 40.0 Å².